The van der Waals surface area contributed by atoms with Gasteiger partial charge in [0.25, 0.3) is 5.91 Å². The highest BCUT2D eigenvalue weighted by Crippen LogP contribution is 2.35. The molecule has 4 rings (SSSR count). The van der Waals surface area contributed by atoms with E-state index in [4.69, 9.17) is 4.74 Å². The topological polar surface area (TPSA) is 68.2 Å². The SMILES string of the molecule is COc1cccc([C@H]2CCN2C(=O)c2cnc(-c3cccnc3)nc2)c1. The van der Waals surface area contributed by atoms with E-state index in [0.29, 0.717) is 11.4 Å². The first-order chi connectivity index (χ1) is 12.8. The number of benzene rings is 1. The van der Waals surface area contributed by atoms with Gasteiger partial charge in [0.05, 0.1) is 18.7 Å². The molecule has 0 radical (unpaired) electrons. The van der Waals surface area contributed by atoms with Crippen molar-refractivity contribution in [2.24, 2.45) is 0 Å². The van der Waals surface area contributed by atoms with Gasteiger partial charge in [0, 0.05) is 36.9 Å². The highest BCUT2D eigenvalue weighted by Gasteiger charge is 2.34. The van der Waals surface area contributed by atoms with E-state index in [1.165, 1.54) is 0 Å². The van der Waals surface area contributed by atoms with Crippen molar-refractivity contribution in [1.82, 2.24) is 19.9 Å². The van der Waals surface area contributed by atoms with Gasteiger partial charge in [0.2, 0.25) is 0 Å². The molecule has 1 aliphatic rings. The monoisotopic (exact) mass is 346 g/mol. The molecule has 3 heterocycles. The van der Waals surface area contributed by atoms with Crippen molar-refractivity contribution < 1.29 is 9.53 Å². The molecule has 2 aromatic heterocycles. The van der Waals surface area contributed by atoms with Crippen LogP contribution in [0.4, 0.5) is 0 Å². The van der Waals surface area contributed by atoms with E-state index in [-0.39, 0.29) is 11.9 Å². The number of carbonyl (C=O) groups is 1. The summed E-state index contributed by atoms with van der Waals surface area (Å²) in [4.78, 5) is 27.4. The van der Waals surface area contributed by atoms with E-state index in [1.807, 2.05) is 41.3 Å². The first-order valence-electron chi connectivity index (χ1n) is 8.43. The normalized spacial score (nSPS) is 16.0. The molecule has 0 N–H and O–H groups in total. The van der Waals surface area contributed by atoms with Crippen LogP contribution in [0.1, 0.15) is 28.4 Å². The number of hydrogen-bond donors (Lipinski definition) is 0. The quantitative estimate of drug-likeness (QED) is 0.726. The third kappa shape index (κ3) is 3.01. The largest absolute Gasteiger partial charge is 0.497 e. The van der Waals surface area contributed by atoms with Gasteiger partial charge in [-0.3, -0.25) is 9.78 Å². The minimum atomic E-state index is -0.0539. The Morgan fingerprint density at radius 3 is 2.65 bits per heavy atom. The van der Waals surface area contributed by atoms with Crippen molar-refractivity contribution in [2.45, 2.75) is 12.5 Å². The fourth-order valence-electron chi connectivity index (χ4n) is 3.07. The summed E-state index contributed by atoms with van der Waals surface area (Å²) in [6, 6.07) is 11.6. The number of methoxy groups -OCH3 is 1. The molecule has 6 heteroatoms. The third-order valence-electron chi connectivity index (χ3n) is 4.58. The van der Waals surface area contributed by atoms with Crippen LogP contribution < -0.4 is 4.74 Å². The van der Waals surface area contributed by atoms with E-state index >= 15 is 0 Å². The molecule has 0 aliphatic carbocycles. The standard InChI is InChI=1S/C20H18N4O2/c1-26-17-6-2-4-14(10-17)18-7-9-24(18)20(25)16-12-22-19(23-13-16)15-5-3-8-21-11-15/h2-6,8,10-13,18H,7,9H2,1H3/t18-/m1/s1. The maximum atomic E-state index is 12.8. The highest BCUT2D eigenvalue weighted by molar-refractivity contribution is 5.94. The number of likely N-dealkylation sites (tertiary alicyclic amines) is 1. The van der Waals surface area contributed by atoms with Crippen LogP contribution in [0.5, 0.6) is 5.75 Å². The Bertz CT molecular complexity index is 913. The predicted molar refractivity (Wildman–Crippen MR) is 96.7 cm³/mol. The lowest BCUT2D eigenvalue weighted by atomic mass is 9.94. The summed E-state index contributed by atoms with van der Waals surface area (Å²) in [5, 5.41) is 0. The van der Waals surface area contributed by atoms with E-state index in [1.54, 1.807) is 31.9 Å². The van der Waals surface area contributed by atoms with Gasteiger partial charge < -0.3 is 9.64 Å². The Balaban J connectivity index is 1.52. The second kappa shape index (κ2) is 6.92. The molecule has 1 amide bonds. The average molecular weight is 346 g/mol. The summed E-state index contributed by atoms with van der Waals surface area (Å²) in [5.41, 5.74) is 2.40. The smallest absolute Gasteiger partial charge is 0.257 e. The summed E-state index contributed by atoms with van der Waals surface area (Å²) >= 11 is 0. The molecule has 1 saturated heterocycles. The minimum absolute atomic E-state index is 0.0539. The lowest BCUT2D eigenvalue weighted by molar-refractivity contribution is 0.0459. The van der Waals surface area contributed by atoms with Crippen LogP contribution in [-0.2, 0) is 0 Å². The highest BCUT2D eigenvalue weighted by atomic mass is 16.5. The summed E-state index contributed by atoms with van der Waals surface area (Å²) in [6.45, 7) is 0.727. The molecule has 26 heavy (non-hydrogen) atoms. The zero-order valence-electron chi connectivity index (χ0n) is 14.4. The van der Waals surface area contributed by atoms with Crippen molar-refractivity contribution in [3.8, 4) is 17.1 Å². The third-order valence-corrected chi connectivity index (χ3v) is 4.58. The van der Waals surface area contributed by atoms with Crippen molar-refractivity contribution >= 4 is 5.91 Å². The van der Waals surface area contributed by atoms with Gasteiger partial charge in [-0.1, -0.05) is 12.1 Å². The van der Waals surface area contributed by atoms with Gasteiger partial charge in [-0.15, -0.1) is 0 Å². The van der Waals surface area contributed by atoms with Crippen LogP contribution in [-0.4, -0.2) is 39.4 Å². The molecule has 130 valence electrons. The van der Waals surface area contributed by atoms with Gasteiger partial charge in [-0.2, -0.15) is 0 Å². The molecular weight excluding hydrogens is 328 g/mol. The van der Waals surface area contributed by atoms with E-state index < -0.39 is 0 Å². The first-order valence-corrected chi connectivity index (χ1v) is 8.43. The molecule has 3 aromatic rings. The summed E-state index contributed by atoms with van der Waals surface area (Å²) in [7, 11) is 1.64. The van der Waals surface area contributed by atoms with Gasteiger partial charge in [-0.05, 0) is 36.2 Å². The van der Waals surface area contributed by atoms with Crippen LogP contribution in [0.2, 0.25) is 0 Å². The van der Waals surface area contributed by atoms with Crippen molar-refractivity contribution in [3.05, 3.63) is 72.3 Å². The maximum Gasteiger partial charge on any atom is 0.257 e. The number of rotatable bonds is 4. The van der Waals surface area contributed by atoms with Crippen LogP contribution >= 0.6 is 0 Å². The Hall–Kier alpha value is -3.28. The lowest BCUT2D eigenvalue weighted by Crippen LogP contribution is -2.45. The molecule has 0 bridgehead atoms. The molecule has 1 fully saturated rings. The molecule has 1 aromatic carbocycles. The molecular formula is C20H18N4O2. The number of hydrogen-bond acceptors (Lipinski definition) is 5. The van der Waals surface area contributed by atoms with Crippen molar-refractivity contribution in [2.75, 3.05) is 13.7 Å². The van der Waals surface area contributed by atoms with Crippen molar-refractivity contribution in [1.29, 1.82) is 0 Å². The summed E-state index contributed by atoms with van der Waals surface area (Å²) in [5.74, 6) is 1.30. The zero-order valence-corrected chi connectivity index (χ0v) is 14.4. The number of pyridine rings is 1. The number of nitrogens with zero attached hydrogens (tertiary/aromatic N) is 4. The fraction of sp³-hybridized carbons (Fsp3) is 0.200. The predicted octanol–water partition coefficient (Wildman–Crippen LogP) is 3.13. The number of ether oxygens (including phenoxy) is 1. The van der Waals surface area contributed by atoms with Crippen LogP contribution in [0.3, 0.4) is 0 Å². The average Bonchev–Trinajstić information content (AvgIpc) is 2.68. The number of amides is 1. The number of aromatic nitrogens is 3. The number of carbonyl (C=O) groups excluding carboxylic acids is 1. The molecule has 0 unspecified atom stereocenters. The molecule has 0 saturated carbocycles. The molecule has 1 aliphatic heterocycles. The van der Waals surface area contributed by atoms with Gasteiger partial charge in [0.1, 0.15) is 5.75 Å². The Morgan fingerprint density at radius 1 is 1.15 bits per heavy atom. The summed E-state index contributed by atoms with van der Waals surface area (Å²) in [6.07, 6.45) is 7.50. The Morgan fingerprint density at radius 2 is 2.00 bits per heavy atom. The van der Waals surface area contributed by atoms with E-state index in [2.05, 4.69) is 15.0 Å². The second-order valence-corrected chi connectivity index (χ2v) is 6.12. The molecule has 6 nitrogen and oxygen atoms in total. The molecule has 1 atom stereocenters. The fourth-order valence-corrected chi connectivity index (χ4v) is 3.07. The van der Waals surface area contributed by atoms with Crippen LogP contribution in [0, 0.1) is 0 Å². The zero-order chi connectivity index (χ0) is 17.9. The first kappa shape index (κ1) is 16.2. The lowest BCUT2D eigenvalue weighted by Gasteiger charge is -2.41. The second-order valence-electron chi connectivity index (χ2n) is 6.12. The van der Waals surface area contributed by atoms with E-state index in [0.717, 1.165) is 29.8 Å². The van der Waals surface area contributed by atoms with E-state index in [9.17, 15) is 4.79 Å². The maximum absolute atomic E-state index is 12.8. The van der Waals surface area contributed by atoms with Crippen molar-refractivity contribution in [3.63, 3.8) is 0 Å². The van der Waals surface area contributed by atoms with Gasteiger partial charge in [0.15, 0.2) is 5.82 Å². The Labute approximate surface area is 151 Å². The van der Waals surface area contributed by atoms with Crippen LogP contribution in [0.25, 0.3) is 11.4 Å². The van der Waals surface area contributed by atoms with Crippen LogP contribution in [0.15, 0.2) is 61.2 Å². The van der Waals surface area contributed by atoms with Gasteiger partial charge in [-0.25, -0.2) is 9.97 Å². The van der Waals surface area contributed by atoms with Gasteiger partial charge >= 0.3 is 0 Å². The minimum Gasteiger partial charge on any atom is -0.497 e. The Kier molecular flexibility index (Phi) is 4.31. The summed E-state index contributed by atoms with van der Waals surface area (Å²) < 4.78 is 5.28. The molecule has 0 spiro atoms.